The summed E-state index contributed by atoms with van der Waals surface area (Å²) < 4.78 is 5.41. The highest BCUT2D eigenvalue weighted by Gasteiger charge is 2.29. The Kier molecular flexibility index (Phi) is 3.53. The maximum Gasteiger partial charge on any atom is 0.217 e. The average Bonchev–Trinajstić information content (AvgIpc) is 2.68. The molecule has 18 heavy (non-hydrogen) atoms. The van der Waals surface area contributed by atoms with Crippen molar-refractivity contribution >= 4 is 11.5 Å². The molecule has 1 aromatic rings. The van der Waals surface area contributed by atoms with Crippen LogP contribution < -0.4 is 5.32 Å². The molecule has 1 heterocycles. The Hall–Kier alpha value is -2.01. The topological polar surface area (TPSA) is 61.8 Å². The molecule has 0 unspecified atom stereocenters. The number of nitrogens with zero attached hydrogens (tertiary/aromatic N) is 1. The molecule has 0 saturated heterocycles. The number of Topliss-reactive ketones (excluding diaryl/α,β-unsaturated/α-hetero) is 1. The van der Waals surface area contributed by atoms with Crippen LogP contribution in [0.5, 0.6) is 0 Å². The van der Waals surface area contributed by atoms with Gasteiger partial charge in [0.2, 0.25) is 11.7 Å². The standard InChI is InChI=1S/C13H16N2O3/c1-15(2)13(18-8-7-16)11-12(17)9-5-3-4-6-10(9)14-11/h3-6,14,16H,7-8H2,1-2H3/b13-11-. The molecule has 0 aliphatic carbocycles. The minimum absolute atomic E-state index is 0.0905. The van der Waals surface area contributed by atoms with Crippen molar-refractivity contribution < 1.29 is 14.6 Å². The molecule has 96 valence electrons. The van der Waals surface area contributed by atoms with E-state index in [-0.39, 0.29) is 19.0 Å². The van der Waals surface area contributed by atoms with Gasteiger partial charge < -0.3 is 20.1 Å². The molecule has 0 saturated carbocycles. The molecule has 0 spiro atoms. The number of ether oxygens (including phenoxy) is 1. The van der Waals surface area contributed by atoms with Crippen LogP contribution in [0.15, 0.2) is 35.8 Å². The second kappa shape index (κ2) is 5.10. The van der Waals surface area contributed by atoms with E-state index in [1.165, 1.54) is 0 Å². The van der Waals surface area contributed by atoms with Crippen molar-refractivity contribution in [1.29, 1.82) is 0 Å². The number of ketones is 1. The third-order valence-electron chi connectivity index (χ3n) is 2.61. The lowest BCUT2D eigenvalue weighted by Crippen LogP contribution is -2.21. The molecule has 1 aromatic carbocycles. The van der Waals surface area contributed by atoms with Gasteiger partial charge in [0.15, 0.2) is 0 Å². The van der Waals surface area contributed by atoms with Gasteiger partial charge in [-0.3, -0.25) is 4.79 Å². The Morgan fingerprint density at radius 3 is 2.72 bits per heavy atom. The van der Waals surface area contributed by atoms with E-state index < -0.39 is 0 Å². The van der Waals surface area contributed by atoms with E-state index in [0.29, 0.717) is 17.1 Å². The maximum absolute atomic E-state index is 12.2. The van der Waals surface area contributed by atoms with Crippen molar-refractivity contribution in [3.05, 3.63) is 41.4 Å². The summed E-state index contributed by atoms with van der Waals surface area (Å²) in [5.41, 5.74) is 1.83. The van der Waals surface area contributed by atoms with Crippen molar-refractivity contribution in [1.82, 2.24) is 4.90 Å². The monoisotopic (exact) mass is 248 g/mol. The van der Waals surface area contributed by atoms with Crippen LogP contribution >= 0.6 is 0 Å². The minimum atomic E-state index is -0.0915. The second-order valence-electron chi connectivity index (χ2n) is 4.15. The highest BCUT2D eigenvalue weighted by Crippen LogP contribution is 2.29. The highest BCUT2D eigenvalue weighted by molar-refractivity contribution is 6.18. The Morgan fingerprint density at radius 2 is 2.11 bits per heavy atom. The van der Waals surface area contributed by atoms with E-state index in [1.54, 1.807) is 25.1 Å². The number of carbonyl (C=O) groups excluding carboxylic acids is 1. The molecule has 0 bridgehead atoms. The van der Waals surface area contributed by atoms with Crippen LogP contribution in [-0.4, -0.2) is 43.1 Å². The molecule has 0 atom stereocenters. The largest absolute Gasteiger partial charge is 0.475 e. The van der Waals surface area contributed by atoms with Crippen LogP contribution in [0.3, 0.4) is 0 Å². The number of hydrogen-bond acceptors (Lipinski definition) is 5. The minimum Gasteiger partial charge on any atom is -0.475 e. The number of rotatable bonds is 4. The van der Waals surface area contributed by atoms with Crippen LogP contribution in [0.1, 0.15) is 10.4 Å². The van der Waals surface area contributed by atoms with Gasteiger partial charge in [-0.15, -0.1) is 0 Å². The van der Waals surface area contributed by atoms with Crippen molar-refractivity contribution in [3.8, 4) is 0 Å². The lowest BCUT2D eigenvalue weighted by atomic mass is 10.1. The zero-order chi connectivity index (χ0) is 13.1. The number of aliphatic hydroxyl groups is 1. The number of hydrogen-bond donors (Lipinski definition) is 2. The van der Waals surface area contributed by atoms with Crippen molar-refractivity contribution in [2.75, 3.05) is 32.6 Å². The molecule has 0 fully saturated rings. The Morgan fingerprint density at radius 1 is 1.39 bits per heavy atom. The fourth-order valence-corrected chi connectivity index (χ4v) is 1.83. The summed E-state index contributed by atoms with van der Waals surface area (Å²) in [4.78, 5) is 13.9. The maximum atomic E-state index is 12.2. The predicted octanol–water partition coefficient (Wildman–Crippen LogP) is 1.03. The average molecular weight is 248 g/mol. The number of anilines is 1. The molecule has 0 aromatic heterocycles. The second-order valence-corrected chi connectivity index (χ2v) is 4.15. The molecule has 1 aliphatic rings. The van der Waals surface area contributed by atoms with Gasteiger partial charge in [0.1, 0.15) is 12.3 Å². The molecule has 0 amide bonds. The van der Waals surface area contributed by atoms with E-state index in [1.807, 2.05) is 18.2 Å². The van der Waals surface area contributed by atoms with E-state index in [4.69, 9.17) is 9.84 Å². The number of allylic oxidation sites excluding steroid dienone is 1. The van der Waals surface area contributed by atoms with E-state index >= 15 is 0 Å². The molecule has 2 rings (SSSR count). The van der Waals surface area contributed by atoms with Gasteiger partial charge in [-0.1, -0.05) is 12.1 Å². The summed E-state index contributed by atoms with van der Waals surface area (Å²) >= 11 is 0. The Bertz CT molecular complexity index is 495. The summed E-state index contributed by atoms with van der Waals surface area (Å²) in [7, 11) is 3.58. The number of benzene rings is 1. The van der Waals surface area contributed by atoms with Crippen LogP contribution in [0.4, 0.5) is 5.69 Å². The SMILES string of the molecule is CN(C)/C(OCCO)=C1/Nc2ccccc2C1=O. The van der Waals surface area contributed by atoms with Crippen molar-refractivity contribution in [3.63, 3.8) is 0 Å². The van der Waals surface area contributed by atoms with Gasteiger partial charge in [-0.05, 0) is 12.1 Å². The third-order valence-corrected chi connectivity index (χ3v) is 2.61. The van der Waals surface area contributed by atoms with Gasteiger partial charge in [-0.2, -0.15) is 0 Å². The lowest BCUT2D eigenvalue weighted by molar-refractivity contribution is 0.0909. The summed E-state index contributed by atoms with van der Waals surface area (Å²) in [6, 6.07) is 7.31. The van der Waals surface area contributed by atoms with Crippen LogP contribution in [0.2, 0.25) is 0 Å². The Balaban J connectivity index is 2.36. The Labute approximate surface area is 106 Å². The first-order valence-electron chi connectivity index (χ1n) is 5.71. The van der Waals surface area contributed by atoms with Gasteiger partial charge in [0.25, 0.3) is 0 Å². The molecule has 5 nitrogen and oxygen atoms in total. The quantitative estimate of drug-likeness (QED) is 0.615. The van der Waals surface area contributed by atoms with Crippen LogP contribution in [0.25, 0.3) is 0 Å². The molecule has 1 aliphatic heterocycles. The van der Waals surface area contributed by atoms with E-state index in [9.17, 15) is 4.79 Å². The van der Waals surface area contributed by atoms with E-state index in [2.05, 4.69) is 5.32 Å². The number of para-hydroxylation sites is 1. The summed E-state index contributed by atoms with van der Waals surface area (Å²) in [5.74, 6) is 0.345. The normalized spacial score (nSPS) is 16.1. The summed E-state index contributed by atoms with van der Waals surface area (Å²) in [6.45, 7) is 0.0636. The molecule has 0 radical (unpaired) electrons. The molecular formula is C13H16N2O3. The summed E-state index contributed by atoms with van der Waals surface area (Å²) in [5, 5.41) is 11.9. The number of carbonyl (C=O) groups is 1. The zero-order valence-corrected chi connectivity index (χ0v) is 10.4. The number of nitrogens with one attached hydrogen (secondary N) is 1. The van der Waals surface area contributed by atoms with Gasteiger partial charge in [0.05, 0.1) is 12.3 Å². The highest BCUT2D eigenvalue weighted by atomic mass is 16.5. The van der Waals surface area contributed by atoms with Gasteiger partial charge in [-0.25, -0.2) is 0 Å². The molecular weight excluding hydrogens is 232 g/mol. The smallest absolute Gasteiger partial charge is 0.217 e. The third kappa shape index (κ3) is 2.17. The molecule has 2 N–H and O–H groups in total. The molecule has 5 heteroatoms. The number of aliphatic hydroxyl groups excluding tert-OH is 1. The van der Waals surface area contributed by atoms with Crippen LogP contribution in [0, 0.1) is 0 Å². The van der Waals surface area contributed by atoms with Crippen molar-refractivity contribution in [2.45, 2.75) is 0 Å². The lowest BCUT2D eigenvalue weighted by Gasteiger charge is -2.19. The van der Waals surface area contributed by atoms with E-state index in [0.717, 1.165) is 5.69 Å². The van der Waals surface area contributed by atoms with Crippen molar-refractivity contribution in [2.24, 2.45) is 0 Å². The fourth-order valence-electron chi connectivity index (χ4n) is 1.83. The predicted molar refractivity (Wildman–Crippen MR) is 68.1 cm³/mol. The van der Waals surface area contributed by atoms with Gasteiger partial charge in [0, 0.05) is 19.7 Å². The first-order chi connectivity index (χ1) is 8.65. The zero-order valence-electron chi connectivity index (χ0n) is 10.4. The van der Waals surface area contributed by atoms with Crippen LogP contribution in [-0.2, 0) is 4.74 Å². The first kappa shape index (κ1) is 12.4. The summed E-state index contributed by atoms with van der Waals surface area (Å²) in [6.07, 6.45) is 0. The number of fused-ring (bicyclic) bond motifs is 1. The van der Waals surface area contributed by atoms with Gasteiger partial charge >= 0.3 is 0 Å². The first-order valence-corrected chi connectivity index (χ1v) is 5.71. The fraction of sp³-hybridized carbons (Fsp3) is 0.308.